The number of ketones is 1. The number of carbonyl (C=O) groups is 2. The summed E-state index contributed by atoms with van der Waals surface area (Å²) in [6.07, 6.45) is 1.54. The highest BCUT2D eigenvalue weighted by molar-refractivity contribution is 6.10. The zero-order valence-electron chi connectivity index (χ0n) is 12.6. The van der Waals surface area contributed by atoms with Gasteiger partial charge >= 0.3 is 5.97 Å². The molecule has 114 valence electrons. The van der Waals surface area contributed by atoms with Crippen molar-refractivity contribution in [3.05, 3.63) is 83.7 Å². The lowest BCUT2D eigenvalue weighted by Crippen LogP contribution is -2.02. The first-order valence-electron chi connectivity index (χ1n) is 7.16. The molecule has 0 bridgehead atoms. The van der Waals surface area contributed by atoms with Gasteiger partial charge in [0, 0.05) is 24.4 Å². The fourth-order valence-electron chi connectivity index (χ4n) is 2.51. The lowest BCUT2D eigenvalue weighted by Gasteiger charge is -2.03. The van der Waals surface area contributed by atoms with Gasteiger partial charge in [0.15, 0.2) is 5.78 Å². The fourth-order valence-corrected chi connectivity index (χ4v) is 2.51. The zero-order valence-corrected chi connectivity index (χ0v) is 12.6. The standard InChI is InChI=1S/C19H15NO3/c1-20-12-16(11-17(20)19(22)23)18(21)15-9-7-14(8-10-15)13-5-3-2-4-6-13/h2-12H,1H3,(H,22,23). The molecule has 4 heteroatoms. The number of benzene rings is 2. The van der Waals surface area contributed by atoms with Crippen LogP contribution < -0.4 is 0 Å². The van der Waals surface area contributed by atoms with E-state index < -0.39 is 5.97 Å². The molecule has 0 unspecified atom stereocenters. The van der Waals surface area contributed by atoms with E-state index in [0.29, 0.717) is 11.1 Å². The Labute approximate surface area is 133 Å². The van der Waals surface area contributed by atoms with Gasteiger partial charge in [0.2, 0.25) is 0 Å². The van der Waals surface area contributed by atoms with Crippen LogP contribution in [0.5, 0.6) is 0 Å². The summed E-state index contributed by atoms with van der Waals surface area (Å²) < 4.78 is 1.44. The molecule has 3 rings (SSSR count). The second kappa shape index (κ2) is 5.93. The number of carboxylic acids is 1. The lowest BCUT2D eigenvalue weighted by molar-refractivity contribution is 0.0686. The highest BCUT2D eigenvalue weighted by atomic mass is 16.4. The van der Waals surface area contributed by atoms with Gasteiger partial charge in [0.05, 0.1) is 0 Å². The second-order valence-electron chi connectivity index (χ2n) is 5.30. The number of rotatable bonds is 4. The van der Waals surface area contributed by atoms with E-state index in [2.05, 4.69) is 0 Å². The Morgan fingerprint density at radius 3 is 2.04 bits per heavy atom. The van der Waals surface area contributed by atoms with Crippen molar-refractivity contribution in [3.8, 4) is 11.1 Å². The predicted octanol–water partition coefficient (Wildman–Crippen LogP) is 3.62. The van der Waals surface area contributed by atoms with Crippen LogP contribution >= 0.6 is 0 Å². The molecule has 1 N–H and O–H groups in total. The van der Waals surface area contributed by atoms with E-state index in [1.165, 1.54) is 16.8 Å². The highest BCUT2D eigenvalue weighted by Crippen LogP contribution is 2.21. The van der Waals surface area contributed by atoms with Gasteiger partial charge in [0.25, 0.3) is 0 Å². The van der Waals surface area contributed by atoms with Crippen molar-refractivity contribution in [2.45, 2.75) is 0 Å². The number of carboxylic acid groups (broad SMARTS) is 1. The third-order valence-corrected chi connectivity index (χ3v) is 3.74. The van der Waals surface area contributed by atoms with E-state index in [1.54, 1.807) is 19.2 Å². The van der Waals surface area contributed by atoms with Crippen molar-refractivity contribution in [2.24, 2.45) is 7.05 Å². The Balaban J connectivity index is 1.89. The van der Waals surface area contributed by atoms with Crippen molar-refractivity contribution >= 4 is 11.8 Å². The van der Waals surface area contributed by atoms with Gasteiger partial charge < -0.3 is 9.67 Å². The molecule has 0 aliphatic rings. The molecule has 4 nitrogen and oxygen atoms in total. The average Bonchev–Trinajstić information content (AvgIpc) is 2.97. The number of nitrogens with zero attached hydrogens (tertiary/aromatic N) is 1. The third kappa shape index (κ3) is 2.92. The summed E-state index contributed by atoms with van der Waals surface area (Å²) in [4.78, 5) is 23.5. The Morgan fingerprint density at radius 2 is 1.48 bits per heavy atom. The molecule has 0 spiro atoms. The van der Waals surface area contributed by atoms with Gasteiger partial charge in [-0.2, -0.15) is 0 Å². The summed E-state index contributed by atoms with van der Waals surface area (Å²) in [5.41, 5.74) is 3.11. The number of aryl methyl sites for hydroxylation is 1. The van der Waals surface area contributed by atoms with Crippen LogP contribution in [0, 0.1) is 0 Å². The van der Waals surface area contributed by atoms with Crippen LogP contribution in [0.15, 0.2) is 66.9 Å². The third-order valence-electron chi connectivity index (χ3n) is 3.74. The monoisotopic (exact) mass is 305 g/mol. The number of hydrogen-bond acceptors (Lipinski definition) is 2. The quantitative estimate of drug-likeness (QED) is 0.749. The molecule has 0 radical (unpaired) electrons. The number of hydrogen-bond donors (Lipinski definition) is 1. The molecular formula is C19H15NO3. The molecule has 0 saturated heterocycles. The van der Waals surface area contributed by atoms with E-state index in [1.807, 2.05) is 42.5 Å². The minimum atomic E-state index is -1.05. The minimum absolute atomic E-state index is 0.0919. The molecular weight excluding hydrogens is 290 g/mol. The fraction of sp³-hybridized carbons (Fsp3) is 0.0526. The Kier molecular flexibility index (Phi) is 3.81. The topological polar surface area (TPSA) is 59.3 Å². The van der Waals surface area contributed by atoms with Crippen LogP contribution in [0.3, 0.4) is 0 Å². The van der Waals surface area contributed by atoms with Crippen molar-refractivity contribution < 1.29 is 14.7 Å². The molecule has 0 aliphatic carbocycles. The van der Waals surface area contributed by atoms with Crippen LogP contribution in [0.2, 0.25) is 0 Å². The maximum Gasteiger partial charge on any atom is 0.352 e. The Morgan fingerprint density at radius 1 is 0.870 bits per heavy atom. The summed E-state index contributed by atoms with van der Waals surface area (Å²) in [6.45, 7) is 0. The summed E-state index contributed by atoms with van der Waals surface area (Å²) in [6, 6.07) is 18.6. The zero-order chi connectivity index (χ0) is 16.4. The maximum absolute atomic E-state index is 12.5. The molecule has 0 amide bonds. The van der Waals surface area contributed by atoms with Crippen LogP contribution in [-0.2, 0) is 7.05 Å². The lowest BCUT2D eigenvalue weighted by atomic mass is 10.0. The van der Waals surface area contributed by atoms with Gasteiger partial charge in [-0.25, -0.2) is 4.79 Å². The predicted molar refractivity (Wildman–Crippen MR) is 87.7 cm³/mol. The number of aromatic nitrogens is 1. The van der Waals surface area contributed by atoms with Crippen molar-refractivity contribution in [1.82, 2.24) is 4.57 Å². The molecule has 2 aromatic carbocycles. The first-order valence-corrected chi connectivity index (χ1v) is 7.16. The van der Waals surface area contributed by atoms with Gasteiger partial charge in [-0.3, -0.25) is 4.79 Å². The Hall–Kier alpha value is -3.14. The van der Waals surface area contributed by atoms with E-state index in [-0.39, 0.29) is 11.5 Å². The maximum atomic E-state index is 12.5. The van der Waals surface area contributed by atoms with Crippen molar-refractivity contribution in [2.75, 3.05) is 0 Å². The molecule has 1 heterocycles. The summed E-state index contributed by atoms with van der Waals surface area (Å²) in [5, 5.41) is 9.06. The molecule has 0 saturated carbocycles. The SMILES string of the molecule is Cn1cc(C(=O)c2ccc(-c3ccccc3)cc2)cc1C(=O)O. The van der Waals surface area contributed by atoms with Crippen LogP contribution in [0.25, 0.3) is 11.1 Å². The van der Waals surface area contributed by atoms with E-state index >= 15 is 0 Å². The van der Waals surface area contributed by atoms with Crippen molar-refractivity contribution in [3.63, 3.8) is 0 Å². The van der Waals surface area contributed by atoms with Gasteiger partial charge in [0.1, 0.15) is 5.69 Å². The molecule has 0 aliphatic heterocycles. The van der Waals surface area contributed by atoms with Gasteiger partial charge in [-0.1, -0.05) is 54.6 Å². The molecule has 23 heavy (non-hydrogen) atoms. The first-order chi connectivity index (χ1) is 11.1. The summed E-state index contributed by atoms with van der Waals surface area (Å²) in [5.74, 6) is -1.24. The first kappa shape index (κ1) is 14.8. The summed E-state index contributed by atoms with van der Waals surface area (Å²) >= 11 is 0. The van der Waals surface area contributed by atoms with E-state index in [9.17, 15) is 9.59 Å². The molecule has 1 aromatic heterocycles. The number of carbonyl (C=O) groups excluding carboxylic acids is 1. The van der Waals surface area contributed by atoms with E-state index in [4.69, 9.17) is 5.11 Å². The van der Waals surface area contributed by atoms with Crippen molar-refractivity contribution in [1.29, 1.82) is 0 Å². The van der Waals surface area contributed by atoms with Crippen LogP contribution in [-0.4, -0.2) is 21.4 Å². The summed E-state index contributed by atoms with van der Waals surface area (Å²) in [7, 11) is 1.61. The minimum Gasteiger partial charge on any atom is -0.477 e. The van der Waals surface area contributed by atoms with Gasteiger partial charge in [-0.05, 0) is 17.2 Å². The smallest absolute Gasteiger partial charge is 0.352 e. The van der Waals surface area contributed by atoms with Crippen LogP contribution in [0.1, 0.15) is 26.4 Å². The molecule has 0 fully saturated rings. The molecule has 3 aromatic rings. The van der Waals surface area contributed by atoms with E-state index in [0.717, 1.165) is 11.1 Å². The largest absolute Gasteiger partial charge is 0.477 e. The van der Waals surface area contributed by atoms with Crippen LogP contribution in [0.4, 0.5) is 0 Å². The number of aromatic carboxylic acids is 1. The average molecular weight is 305 g/mol. The second-order valence-corrected chi connectivity index (χ2v) is 5.30. The normalized spacial score (nSPS) is 10.5. The molecule has 0 atom stereocenters. The van der Waals surface area contributed by atoms with Gasteiger partial charge in [-0.15, -0.1) is 0 Å². The Bertz CT molecular complexity index is 861. The highest BCUT2D eigenvalue weighted by Gasteiger charge is 2.16.